The Morgan fingerprint density at radius 1 is 0.561 bits per heavy atom. The van der Waals surface area contributed by atoms with Gasteiger partial charge >= 0.3 is 0 Å². The summed E-state index contributed by atoms with van der Waals surface area (Å²) < 4.78 is 3.91. The van der Waals surface area contributed by atoms with Crippen LogP contribution in [0.4, 0.5) is 17.1 Å². The molecule has 2 aliphatic rings. The molecule has 0 unspecified atom stereocenters. The van der Waals surface area contributed by atoms with E-state index in [9.17, 15) is 0 Å². The monoisotopic (exact) mass is 763 g/mol. The average Bonchev–Trinajstić information content (AvgIpc) is 3.78. The van der Waals surface area contributed by atoms with Gasteiger partial charge in [-0.05, 0) is 119 Å². The number of benzene rings is 7. The summed E-state index contributed by atoms with van der Waals surface area (Å²) in [5.41, 5.74) is 19.5. The summed E-state index contributed by atoms with van der Waals surface area (Å²) in [7, 11) is 0. The maximum Gasteiger partial charge on any atom is 0.0640 e. The highest BCUT2D eigenvalue weighted by Crippen LogP contribution is 2.48. The number of hydrogen-bond donors (Lipinski definition) is 0. The molecule has 0 bridgehead atoms. The lowest BCUT2D eigenvalue weighted by Gasteiger charge is -2.28. The summed E-state index contributed by atoms with van der Waals surface area (Å²) in [5, 5.41) is 3.89. The van der Waals surface area contributed by atoms with E-state index in [1.54, 1.807) is 0 Å². The highest BCUT2D eigenvalue weighted by atomic mass is 32.1. The number of nitrogens with zero attached hydrogens (tertiary/aromatic N) is 1. The van der Waals surface area contributed by atoms with E-state index in [1.807, 2.05) is 28.7 Å². The van der Waals surface area contributed by atoms with Crippen molar-refractivity contribution in [2.75, 3.05) is 4.90 Å². The molecule has 7 aromatic carbocycles. The Morgan fingerprint density at radius 3 is 2.25 bits per heavy atom. The molecule has 9 aromatic rings. The van der Waals surface area contributed by atoms with Crippen molar-refractivity contribution in [2.24, 2.45) is 0 Å². The van der Waals surface area contributed by atoms with E-state index in [2.05, 4.69) is 194 Å². The van der Waals surface area contributed by atoms with E-state index in [-0.39, 0.29) is 0 Å². The van der Waals surface area contributed by atoms with Crippen LogP contribution in [0.2, 0.25) is 0 Å². The van der Waals surface area contributed by atoms with E-state index >= 15 is 0 Å². The topological polar surface area (TPSA) is 3.24 Å². The molecule has 0 N–H and O–H groups in total. The zero-order chi connectivity index (χ0) is 37.9. The van der Waals surface area contributed by atoms with Crippen molar-refractivity contribution in [1.82, 2.24) is 0 Å². The number of thiophene rings is 2. The molecule has 11 rings (SSSR count). The minimum Gasteiger partial charge on any atom is -0.309 e. The van der Waals surface area contributed by atoms with Gasteiger partial charge in [0, 0.05) is 52.9 Å². The van der Waals surface area contributed by atoms with Crippen molar-refractivity contribution in [2.45, 2.75) is 19.8 Å². The van der Waals surface area contributed by atoms with Crippen LogP contribution in [0.15, 0.2) is 182 Å². The van der Waals surface area contributed by atoms with Crippen LogP contribution >= 0.6 is 22.7 Å². The fraction of sp³-hybridized carbons (Fsp3) is 0.0556. The standard InChI is InChI=1S/C54H37NS2/c1-35-13-5-7-20-46-47-22-12-23-50(54(47)57-53(35)46)55(40-28-25-38(26-29-40)43-21-11-17-36-16-6-8-18-42(36)43)41-30-31-44(48(34-41)37-14-3-2-4-15-37)39-27-32-52-49(33-39)45-19-9-10-24-51(45)56-52/h2-10,12,14-16,18-34H,11,17H2,1H3. The third kappa shape index (κ3) is 5.83. The predicted octanol–water partition coefficient (Wildman–Crippen LogP) is 16.0. The van der Waals surface area contributed by atoms with Gasteiger partial charge in [-0.15, -0.1) is 28.4 Å². The maximum absolute atomic E-state index is 3.48. The fourth-order valence-electron chi connectivity index (χ4n) is 8.77. The summed E-state index contributed by atoms with van der Waals surface area (Å²) in [6, 6.07) is 58.6. The molecule has 57 heavy (non-hydrogen) atoms. The molecule has 0 radical (unpaired) electrons. The van der Waals surface area contributed by atoms with E-state index in [4.69, 9.17) is 0 Å². The summed E-state index contributed by atoms with van der Waals surface area (Å²) in [6.07, 6.45) is 10.9. The quantitative estimate of drug-likeness (QED) is 0.152. The highest BCUT2D eigenvalue weighted by Gasteiger charge is 2.23. The molecule has 0 spiro atoms. The number of fused-ring (bicyclic) bond motifs is 7. The van der Waals surface area contributed by atoms with Gasteiger partial charge in [0.1, 0.15) is 0 Å². The fourth-order valence-corrected chi connectivity index (χ4v) is 11.1. The molecule has 0 amide bonds. The predicted molar refractivity (Wildman–Crippen MR) is 248 cm³/mol. The van der Waals surface area contributed by atoms with Gasteiger partial charge in [-0.25, -0.2) is 0 Å². The van der Waals surface area contributed by atoms with Crippen molar-refractivity contribution in [3.8, 4) is 22.3 Å². The van der Waals surface area contributed by atoms with E-state index in [0.29, 0.717) is 0 Å². The summed E-state index contributed by atoms with van der Waals surface area (Å²) in [4.78, 5) is 3.74. The first-order valence-electron chi connectivity index (χ1n) is 19.6. The Morgan fingerprint density at radius 2 is 1.33 bits per heavy atom. The van der Waals surface area contributed by atoms with Crippen LogP contribution in [0.1, 0.15) is 40.5 Å². The molecular formula is C54H37NS2. The van der Waals surface area contributed by atoms with Crippen molar-refractivity contribution in [1.29, 1.82) is 0 Å². The largest absolute Gasteiger partial charge is 0.309 e. The van der Waals surface area contributed by atoms with Gasteiger partial charge in [-0.1, -0.05) is 127 Å². The minimum atomic E-state index is 1.06. The molecule has 0 saturated carbocycles. The SMILES string of the molecule is CC1=C=CC=Cc2c1sc1c(N(c3ccc(C4=CCCc5ccccc54)cc3)c3ccc(-c4ccc5sc6ccccc6c5c4)c(-c4ccccc4)c3)cccc21. The zero-order valence-electron chi connectivity index (χ0n) is 31.5. The molecule has 2 aliphatic carbocycles. The van der Waals surface area contributed by atoms with Crippen LogP contribution in [0.3, 0.4) is 0 Å². The van der Waals surface area contributed by atoms with Crippen LogP contribution in [-0.2, 0) is 6.42 Å². The van der Waals surface area contributed by atoms with Crippen molar-refractivity contribution in [3.63, 3.8) is 0 Å². The van der Waals surface area contributed by atoms with Crippen LogP contribution < -0.4 is 4.90 Å². The molecule has 0 saturated heterocycles. The van der Waals surface area contributed by atoms with E-state index < -0.39 is 0 Å². The number of allylic oxidation sites excluding steroid dienone is 3. The summed E-state index contributed by atoms with van der Waals surface area (Å²) in [5.74, 6) is 0. The summed E-state index contributed by atoms with van der Waals surface area (Å²) in [6.45, 7) is 2.17. The first-order chi connectivity index (χ1) is 28.2. The van der Waals surface area contributed by atoms with Gasteiger partial charge in [0.15, 0.2) is 0 Å². The molecule has 0 fully saturated rings. The van der Waals surface area contributed by atoms with Crippen molar-refractivity contribution < 1.29 is 0 Å². The summed E-state index contributed by atoms with van der Waals surface area (Å²) >= 11 is 3.73. The number of anilines is 3. The molecular weight excluding hydrogens is 727 g/mol. The third-order valence-corrected chi connectivity index (χ3v) is 14.0. The second kappa shape index (κ2) is 13.9. The van der Waals surface area contributed by atoms with Crippen molar-refractivity contribution >= 4 is 87.2 Å². The molecule has 270 valence electrons. The molecule has 1 nitrogen and oxygen atoms in total. The van der Waals surface area contributed by atoms with Crippen LogP contribution in [0.25, 0.3) is 69.7 Å². The normalized spacial score (nSPS) is 13.4. The average molecular weight is 764 g/mol. The zero-order valence-corrected chi connectivity index (χ0v) is 33.1. The van der Waals surface area contributed by atoms with Gasteiger partial charge < -0.3 is 4.90 Å². The minimum absolute atomic E-state index is 1.06. The molecule has 0 atom stereocenters. The Hall–Kier alpha value is -6.48. The second-order valence-corrected chi connectivity index (χ2v) is 17.0. The Bertz CT molecular complexity index is 3160. The molecule has 3 heteroatoms. The molecule has 0 aliphatic heterocycles. The molecule has 2 aromatic heterocycles. The first kappa shape index (κ1) is 33.8. The van der Waals surface area contributed by atoms with Crippen LogP contribution in [-0.4, -0.2) is 0 Å². The van der Waals surface area contributed by atoms with Gasteiger partial charge in [0.2, 0.25) is 0 Å². The third-order valence-electron chi connectivity index (χ3n) is 11.5. The Labute approximate surface area is 341 Å². The Kier molecular flexibility index (Phi) is 8.26. The number of hydrogen-bond acceptors (Lipinski definition) is 3. The van der Waals surface area contributed by atoms with Crippen LogP contribution in [0.5, 0.6) is 0 Å². The maximum atomic E-state index is 3.48. The van der Waals surface area contributed by atoms with Gasteiger partial charge in [-0.2, -0.15) is 0 Å². The number of rotatable bonds is 6. The van der Waals surface area contributed by atoms with Crippen LogP contribution in [0, 0.1) is 0 Å². The lowest BCUT2D eigenvalue weighted by molar-refractivity contribution is 0.978. The highest BCUT2D eigenvalue weighted by molar-refractivity contribution is 7.25. The van der Waals surface area contributed by atoms with Gasteiger partial charge in [0.05, 0.1) is 10.4 Å². The first-order valence-corrected chi connectivity index (χ1v) is 21.3. The molecule has 2 heterocycles. The Balaban J connectivity index is 1.11. The van der Waals surface area contributed by atoms with E-state index in [1.165, 1.54) is 96.5 Å². The lowest BCUT2D eigenvalue weighted by atomic mass is 9.87. The van der Waals surface area contributed by atoms with Gasteiger partial charge in [0.25, 0.3) is 0 Å². The smallest absolute Gasteiger partial charge is 0.0640 e. The van der Waals surface area contributed by atoms with Gasteiger partial charge in [-0.3, -0.25) is 0 Å². The van der Waals surface area contributed by atoms with E-state index in [0.717, 1.165) is 24.2 Å². The van der Waals surface area contributed by atoms with Crippen molar-refractivity contribution in [3.05, 3.63) is 209 Å². The number of aryl methyl sites for hydroxylation is 1. The second-order valence-electron chi connectivity index (χ2n) is 14.9. The lowest BCUT2D eigenvalue weighted by Crippen LogP contribution is -2.10.